The topological polar surface area (TPSA) is 72.7 Å². The van der Waals surface area contributed by atoms with E-state index in [1.807, 2.05) is 41.0 Å². The molecule has 3 aliphatic rings. The molecule has 7 nitrogen and oxygen atoms in total. The summed E-state index contributed by atoms with van der Waals surface area (Å²) in [5.41, 5.74) is 3.78. The van der Waals surface area contributed by atoms with Crippen molar-refractivity contribution >= 4 is 22.4 Å². The molecule has 2 N–H and O–H groups in total. The molecule has 3 aromatic rings. The highest BCUT2D eigenvalue weighted by molar-refractivity contribution is 5.84. The Balaban J connectivity index is 1.53. The van der Waals surface area contributed by atoms with Crippen LogP contribution in [0.3, 0.4) is 0 Å². The Kier molecular flexibility index (Phi) is 8.30. The molecule has 0 bridgehead atoms. The second kappa shape index (κ2) is 12.0. The van der Waals surface area contributed by atoms with E-state index in [9.17, 15) is 26.3 Å². The number of aromatic nitrogens is 2. The monoisotopic (exact) mass is 669 g/mol. The van der Waals surface area contributed by atoms with Crippen LogP contribution >= 0.6 is 0 Å². The van der Waals surface area contributed by atoms with Crippen LogP contribution in [0.25, 0.3) is 28.1 Å². The Morgan fingerprint density at radius 2 is 1.35 bits per heavy atom. The fourth-order valence-electron chi connectivity index (χ4n) is 6.58. The summed E-state index contributed by atoms with van der Waals surface area (Å²) >= 11 is 0. The summed E-state index contributed by atoms with van der Waals surface area (Å²) in [6.45, 7) is 8.49. The van der Waals surface area contributed by atoms with Crippen LogP contribution in [0.15, 0.2) is 89.9 Å². The standard InChI is InChI=1S/C35H33F6N5O2/c1-32(2)19-22(20-33(3,4)45-32)43-28-18-31-29(17-27(28)42-21-9-13-24(14-10-21)47-34(36,37)38)44-26-7-5-6-8-30(26)46(31)23-11-15-25(16-12-23)48-35(39,40)41/h5-18,22,42,45H,19-20H2,1-4H3. The maximum Gasteiger partial charge on any atom is 0.573 e. The summed E-state index contributed by atoms with van der Waals surface area (Å²) in [6.07, 6.45) is -8.15. The summed E-state index contributed by atoms with van der Waals surface area (Å²) in [5.74, 6) is -0.698. The summed E-state index contributed by atoms with van der Waals surface area (Å²) < 4.78 is 87.0. The van der Waals surface area contributed by atoms with Gasteiger partial charge in [0.25, 0.3) is 0 Å². The molecule has 2 heterocycles. The number of alkyl halides is 6. The molecular formula is C35H33F6N5O2. The summed E-state index contributed by atoms with van der Waals surface area (Å²) in [7, 11) is 0. The molecule has 6 rings (SSSR count). The fraction of sp³-hybridized carbons (Fsp3) is 0.314. The molecule has 1 saturated heterocycles. The maximum absolute atomic E-state index is 12.9. The van der Waals surface area contributed by atoms with E-state index >= 15 is 0 Å². The second-order valence-corrected chi connectivity index (χ2v) is 13.1. The molecule has 2 aliphatic heterocycles. The molecule has 0 radical (unpaired) electrons. The number of halogens is 6. The molecular weight excluding hydrogens is 636 g/mol. The molecule has 3 aromatic carbocycles. The van der Waals surface area contributed by atoms with Gasteiger partial charge in [0.1, 0.15) is 11.5 Å². The van der Waals surface area contributed by atoms with Crippen LogP contribution in [0.2, 0.25) is 0 Å². The summed E-state index contributed by atoms with van der Waals surface area (Å²) in [5, 5.41) is 7.55. The molecule has 0 amide bonds. The summed E-state index contributed by atoms with van der Waals surface area (Å²) in [4.78, 5) is 10.1. The Hall–Kier alpha value is -4.78. The van der Waals surface area contributed by atoms with Crippen molar-refractivity contribution in [1.82, 2.24) is 14.9 Å². The van der Waals surface area contributed by atoms with Gasteiger partial charge in [-0.2, -0.15) is 0 Å². The number of rotatable bonds is 6. The predicted molar refractivity (Wildman–Crippen MR) is 171 cm³/mol. The minimum Gasteiger partial charge on any atom is -0.406 e. The quantitative estimate of drug-likeness (QED) is 0.140. The maximum atomic E-state index is 12.9. The van der Waals surface area contributed by atoms with Crippen LogP contribution in [-0.2, 0) is 0 Å². The first kappa shape index (κ1) is 33.1. The molecule has 0 saturated carbocycles. The molecule has 0 unspecified atom stereocenters. The highest BCUT2D eigenvalue weighted by atomic mass is 19.4. The van der Waals surface area contributed by atoms with Crippen molar-refractivity contribution in [2.24, 2.45) is 4.99 Å². The normalized spacial score (nSPS) is 17.1. The van der Waals surface area contributed by atoms with E-state index in [4.69, 9.17) is 9.98 Å². The van der Waals surface area contributed by atoms with Crippen LogP contribution in [-0.4, -0.2) is 39.4 Å². The van der Waals surface area contributed by atoms with E-state index in [1.165, 1.54) is 36.4 Å². The average molecular weight is 670 g/mol. The fourth-order valence-corrected chi connectivity index (χ4v) is 6.58. The van der Waals surface area contributed by atoms with Crippen molar-refractivity contribution in [1.29, 1.82) is 0 Å². The van der Waals surface area contributed by atoms with Crippen LogP contribution in [0.1, 0.15) is 40.5 Å². The number of nitrogens with zero attached hydrogens (tertiary/aromatic N) is 3. The average Bonchev–Trinajstić information content (AvgIpc) is 2.95. The van der Waals surface area contributed by atoms with Gasteiger partial charge >= 0.3 is 12.7 Å². The third-order valence-electron chi connectivity index (χ3n) is 7.88. The number of piperidine rings is 1. The molecule has 252 valence electrons. The van der Waals surface area contributed by atoms with E-state index in [-0.39, 0.29) is 28.6 Å². The molecule has 0 aromatic heterocycles. The van der Waals surface area contributed by atoms with Crippen molar-refractivity contribution in [3.8, 4) is 28.6 Å². The van der Waals surface area contributed by atoms with Crippen molar-refractivity contribution < 1.29 is 35.8 Å². The lowest BCUT2D eigenvalue weighted by atomic mass is 9.80. The summed E-state index contributed by atoms with van der Waals surface area (Å²) in [6, 6.07) is 22.0. The van der Waals surface area contributed by atoms with Gasteiger partial charge in [0.2, 0.25) is 0 Å². The SMILES string of the molecule is CC1(C)CC(N=c2cc3n(-c4ccc(OC(F)(F)F)cc4)c4ccccc4nc-3cc2Nc2ccc(OC(F)(F)F)cc2)CC(C)(C)N1. The van der Waals surface area contributed by atoms with Gasteiger partial charge in [-0.1, -0.05) is 12.1 Å². The minimum absolute atomic E-state index is 0.0857. The highest BCUT2D eigenvalue weighted by Crippen LogP contribution is 2.34. The predicted octanol–water partition coefficient (Wildman–Crippen LogP) is 8.88. The Labute approximate surface area is 272 Å². The number of hydrogen-bond donors (Lipinski definition) is 2. The van der Waals surface area contributed by atoms with Crippen molar-refractivity contribution in [2.45, 2.75) is 70.4 Å². The number of hydrogen-bond acceptors (Lipinski definition) is 6. The molecule has 0 atom stereocenters. The third kappa shape index (κ3) is 7.84. The van der Waals surface area contributed by atoms with Gasteiger partial charge in [0.15, 0.2) is 0 Å². The molecule has 13 heteroatoms. The number of anilines is 2. The first-order valence-corrected chi connectivity index (χ1v) is 15.2. The Morgan fingerprint density at radius 1 is 0.792 bits per heavy atom. The van der Waals surface area contributed by atoms with Gasteiger partial charge in [-0.25, -0.2) is 4.98 Å². The third-order valence-corrected chi connectivity index (χ3v) is 7.88. The number of ether oxygens (including phenoxy) is 2. The second-order valence-electron chi connectivity index (χ2n) is 13.1. The molecule has 1 fully saturated rings. The lowest BCUT2D eigenvalue weighted by molar-refractivity contribution is -0.275. The lowest BCUT2D eigenvalue weighted by Crippen LogP contribution is -2.59. The zero-order valence-corrected chi connectivity index (χ0v) is 26.5. The van der Waals surface area contributed by atoms with E-state index in [0.717, 1.165) is 12.8 Å². The van der Waals surface area contributed by atoms with Crippen LogP contribution in [0.4, 0.5) is 37.7 Å². The first-order chi connectivity index (χ1) is 22.4. The molecule has 48 heavy (non-hydrogen) atoms. The van der Waals surface area contributed by atoms with Gasteiger partial charge < -0.3 is 24.7 Å². The Morgan fingerprint density at radius 3 is 1.94 bits per heavy atom. The number of fused-ring (bicyclic) bond motifs is 2. The van der Waals surface area contributed by atoms with Crippen LogP contribution in [0, 0.1) is 0 Å². The molecule has 1 aliphatic carbocycles. The number of para-hydroxylation sites is 2. The van der Waals surface area contributed by atoms with E-state index in [1.54, 1.807) is 12.1 Å². The van der Waals surface area contributed by atoms with Gasteiger partial charge in [0, 0.05) is 22.5 Å². The highest BCUT2D eigenvalue weighted by Gasteiger charge is 2.37. The number of benzene rings is 4. The van der Waals surface area contributed by atoms with Crippen LogP contribution < -0.4 is 25.5 Å². The largest absolute Gasteiger partial charge is 0.573 e. The van der Waals surface area contributed by atoms with Gasteiger partial charge in [0.05, 0.1) is 39.5 Å². The van der Waals surface area contributed by atoms with Gasteiger partial charge in [-0.3, -0.25) is 4.99 Å². The van der Waals surface area contributed by atoms with Crippen LogP contribution in [0.5, 0.6) is 11.5 Å². The van der Waals surface area contributed by atoms with Gasteiger partial charge in [-0.15, -0.1) is 26.3 Å². The lowest BCUT2D eigenvalue weighted by Gasteiger charge is -2.45. The van der Waals surface area contributed by atoms with Gasteiger partial charge in [-0.05, 0) is 113 Å². The molecule has 0 spiro atoms. The zero-order chi connectivity index (χ0) is 34.5. The van der Waals surface area contributed by atoms with Crippen molar-refractivity contribution in [2.75, 3.05) is 5.32 Å². The number of nitrogens with one attached hydrogen (secondary N) is 2. The first-order valence-electron chi connectivity index (χ1n) is 15.2. The zero-order valence-electron chi connectivity index (χ0n) is 26.5. The van der Waals surface area contributed by atoms with E-state index < -0.39 is 12.7 Å². The minimum atomic E-state index is -4.83. The van der Waals surface area contributed by atoms with E-state index in [2.05, 4.69) is 47.8 Å². The van der Waals surface area contributed by atoms with Crippen molar-refractivity contribution in [3.63, 3.8) is 0 Å². The van der Waals surface area contributed by atoms with Crippen molar-refractivity contribution in [3.05, 3.63) is 90.3 Å². The Bertz CT molecular complexity index is 1950. The van der Waals surface area contributed by atoms with E-state index in [0.29, 0.717) is 44.8 Å². The smallest absolute Gasteiger partial charge is 0.406 e.